The number of amides is 1. The van der Waals surface area contributed by atoms with Crippen LogP contribution >= 0.6 is 0 Å². The maximum atomic E-state index is 10.8. The Balaban J connectivity index is 2.21. The van der Waals surface area contributed by atoms with Crippen molar-refractivity contribution in [1.29, 1.82) is 0 Å². The quantitative estimate of drug-likeness (QED) is 0.638. The van der Waals surface area contributed by atoms with Gasteiger partial charge in [-0.25, -0.2) is 4.79 Å². The largest absolute Gasteiger partial charge is 0.453 e. The van der Waals surface area contributed by atoms with Gasteiger partial charge >= 0.3 is 6.09 Å². The smallest absolute Gasteiger partial charge is 0.407 e. The molecule has 69 valence electrons. The lowest BCUT2D eigenvalue weighted by molar-refractivity contribution is 0.162. The van der Waals surface area contributed by atoms with E-state index in [2.05, 4.69) is 10.1 Å². The second kappa shape index (κ2) is 4.30. The summed E-state index contributed by atoms with van der Waals surface area (Å²) in [7, 11) is 1.37. The lowest BCUT2D eigenvalue weighted by Crippen LogP contribution is -2.38. The number of carbonyl (C=O) groups is 1. The maximum Gasteiger partial charge on any atom is 0.407 e. The molecule has 0 aromatic carbocycles. The molecule has 0 spiro atoms. The van der Waals surface area contributed by atoms with Gasteiger partial charge in [0.2, 0.25) is 0 Å². The van der Waals surface area contributed by atoms with Gasteiger partial charge in [0.15, 0.2) is 0 Å². The Labute approximate surface area is 72.5 Å². The van der Waals surface area contributed by atoms with Gasteiger partial charge in [-0.05, 0) is 25.7 Å². The van der Waals surface area contributed by atoms with Crippen LogP contribution in [0.2, 0.25) is 0 Å². The first-order valence-electron chi connectivity index (χ1n) is 4.28. The van der Waals surface area contributed by atoms with Crippen LogP contribution in [0.15, 0.2) is 0 Å². The van der Waals surface area contributed by atoms with Crippen LogP contribution in [0.5, 0.6) is 0 Å². The van der Waals surface area contributed by atoms with E-state index >= 15 is 0 Å². The van der Waals surface area contributed by atoms with Crippen molar-refractivity contribution in [3.8, 4) is 0 Å². The highest BCUT2D eigenvalue weighted by Gasteiger charge is 2.20. The molecule has 0 unspecified atom stereocenters. The second-order valence-corrected chi connectivity index (χ2v) is 3.18. The number of rotatable bonds is 1. The highest BCUT2D eigenvalue weighted by atomic mass is 16.5. The van der Waals surface area contributed by atoms with Crippen molar-refractivity contribution in [3.63, 3.8) is 0 Å². The standard InChI is InChI=1S/C8H15N2O2/c1-12-8(11)10-7-4-2-6(9)3-5-7/h6-7,9H,2-5H2,1H3,(H,10,11). The first-order valence-corrected chi connectivity index (χ1v) is 4.28. The van der Waals surface area contributed by atoms with Crippen molar-refractivity contribution in [2.45, 2.75) is 37.8 Å². The fourth-order valence-electron chi connectivity index (χ4n) is 1.46. The minimum atomic E-state index is -0.358. The van der Waals surface area contributed by atoms with Gasteiger partial charge in [0.05, 0.1) is 7.11 Å². The van der Waals surface area contributed by atoms with Crippen LogP contribution in [0.25, 0.3) is 0 Å². The number of carbonyl (C=O) groups excluding carboxylic acids is 1. The Morgan fingerprint density at radius 1 is 1.42 bits per heavy atom. The molecule has 4 nitrogen and oxygen atoms in total. The SMILES string of the molecule is COC(=O)NC1CCC([NH])CC1. The normalized spacial score (nSPS) is 29.5. The summed E-state index contributed by atoms with van der Waals surface area (Å²) in [5.41, 5.74) is 7.45. The summed E-state index contributed by atoms with van der Waals surface area (Å²) in [5, 5.41) is 2.74. The fourth-order valence-corrected chi connectivity index (χ4v) is 1.46. The summed E-state index contributed by atoms with van der Waals surface area (Å²) >= 11 is 0. The molecule has 2 N–H and O–H groups in total. The van der Waals surface area contributed by atoms with Gasteiger partial charge in [0.25, 0.3) is 0 Å². The minimum absolute atomic E-state index is 0.0701. The average Bonchev–Trinajstić information content (AvgIpc) is 2.09. The Morgan fingerprint density at radius 2 is 2.00 bits per heavy atom. The van der Waals surface area contributed by atoms with Crippen molar-refractivity contribution in [3.05, 3.63) is 0 Å². The van der Waals surface area contributed by atoms with Gasteiger partial charge in [0, 0.05) is 12.1 Å². The Hall–Kier alpha value is -0.770. The molecular weight excluding hydrogens is 156 g/mol. The van der Waals surface area contributed by atoms with Gasteiger partial charge in [0.1, 0.15) is 0 Å². The Kier molecular flexibility index (Phi) is 3.34. The van der Waals surface area contributed by atoms with Crippen LogP contribution in [-0.2, 0) is 4.74 Å². The van der Waals surface area contributed by atoms with E-state index in [1.165, 1.54) is 7.11 Å². The van der Waals surface area contributed by atoms with E-state index in [4.69, 9.17) is 5.73 Å². The molecule has 12 heavy (non-hydrogen) atoms. The average molecular weight is 171 g/mol. The molecule has 1 aliphatic carbocycles. The molecule has 4 heteroatoms. The van der Waals surface area contributed by atoms with Crippen LogP contribution in [0.1, 0.15) is 25.7 Å². The zero-order valence-electron chi connectivity index (χ0n) is 7.30. The van der Waals surface area contributed by atoms with Crippen molar-refractivity contribution in [2.24, 2.45) is 0 Å². The molecule has 0 aliphatic heterocycles. The summed E-state index contributed by atoms with van der Waals surface area (Å²) in [6.07, 6.45) is 3.22. The molecule has 0 atom stereocenters. The lowest BCUT2D eigenvalue weighted by atomic mass is 9.92. The second-order valence-electron chi connectivity index (χ2n) is 3.18. The maximum absolute atomic E-state index is 10.8. The van der Waals surface area contributed by atoms with Crippen LogP contribution < -0.4 is 11.1 Å². The summed E-state index contributed by atoms with van der Waals surface area (Å²) in [6, 6.07) is 0.291. The molecule has 1 rings (SSSR count). The highest BCUT2D eigenvalue weighted by molar-refractivity contribution is 5.67. The molecule has 1 saturated carbocycles. The van der Waals surface area contributed by atoms with Gasteiger partial charge in [-0.15, -0.1) is 0 Å². The predicted octanol–water partition coefficient (Wildman–Crippen LogP) is 0.936. The lowest BCUT2D eigenvalue weighted by Gasteiger charge is -2.25. The highest BCUT2D eigenvalue weighted by Crippen LogP contribution is 2.17. The van der Waals surface area contributed by atoms with Crippen molar-refractivity contribution < 1.29 is 9.53 Å². The summed E-state index contributed by atoms with van der Waals surface area (Å²) in [4.78, 5) is 10.8. The molecule has 1 aliphatic rings. The molecule has 0 saturated heterocycles. The molecule has 0 aromatic heterocycles. The van der Waals surface area contributed by atoms with Gasteiger partial charge < -0.3 is 10.1 Å². The third-order valence-corrected chi connectivity index (χ3v) is 2.23. The zero-order valence-corrected chi connectivity index (χ0v) is 7.30. The first kappa shape index (κ1) is 9.32. The van der Waals surface area contributed by atoms with Gasteiger partial charge in [-0.2, -0.15) is 0 Å². The Bertz CT molecular complexity index is 153. The van der Waals surface area contributed by atoms with Crippen molar-refractivity contribution >= 4 is 6.09 Å². The number of nitrogens with one attached hydrogen (secondary N) is 2. The fraction of sp³-hybridized carbons (Fsp3) is 0.875. The van der Waals surface area contributed by atoms with E-state index in [1.54, 1.807) is 0 Å². The summed E-state index contributed by atoms with van der Waals surface area (Å²) < 4.78 is 4.48. The van der Waals surface area contributed by atoms with Gasteiger partial charge in [-0.3, -0.25) is 5.73 Å². The van der Waals surface area contributed by atoms with Crippen molar-refractivity contribution in [1.82, 2.24) is 11.1 Å². The first-order chi connectivity index (χ1) is 5.72. The van der Waals surface area contributed by atoms with E-state index in [0.717, 1.165) is 25.7 Å². The zero-order chi connectivity index (χ0) is 8.97. The van der Waals surface area contributed by atoms with E-state index in [0.29, 0.717) is 0 Å². The number of alkyl carbamates (subject to hydrolysis) is 1. The van der Waals surface area contributed by atoms with E-state index in [1.807, 2.05) is 0 Å². The van der Waals surface area contributed by atoms with Crippen LogP contribution in [0.3, 0.4) is 0 Å². The number of ether oxygens (including phenoxy) is 1. The van der Waals surface area contributed by atoms with Gasteiger partial charge in [-0.1, -0.05) is 0 Å². The third kappa shape index (κ3) is 2.70. The Morgan fingerprint density at radius 3 is 2.50 bits per heavy atom. The monoisotopic (exact) mass is 171 g/mol. The third-order valence-electron chi connectivity index (χ3n) is 2.23. The number of hydrogen-bond donors (Lipinski definition) is 1. The molecule has 0 aromatic rings. The van der Waals surface area contributed by atoms with Crippen LogP contribution in [0.4, 0.5) is 4.79 Å². The predicted molar refractivity (Wildman–Crippen MR) is 44.7 cm³/mol. The van der Waals surface area contributed by atoms with Crippen LogP contribution in [0, 0.1) is 0 Å². The molecule has 1 amide bonds. The van der Waals surface area contributed by atoms with E-state index in [-0.39, 0.29) is 18.2 Å². The van der Waals surface area contributed by atoms with E-state index < -0.39 is 0 Å². The molecule has 0 bridgehead atoms. The van der Waals surface area contributed by atoms with E-state index in [9.17, 15) is 4.79 Å². The molecular formula is C8H15N2O2. The summed E-state index contributed by atoms with van der Waals surface area (Å²) in [5.74, 6) is 0. The number of hydrogen-bond acceptors (Lipinski definition) is 2. The molecule has 1 radical (unpaired) electrons. The number of methoxy groups -OCH3 is 1. The molecule has 0 heterocycles. The van der Waals surface area contributed by atoms with Crippen molar-refractivity contribution in [2.75, 3.05) is 7.11 Å². The topological polar surface area (TPSA) is 62.1 Å². The molecule has 1 fully saturated rings. The summed E-state index contributed by atoms with van der Waals surface area (Å²) in [6.45, 7) is 0. The minimum Gasteiger partial charge on any atom is -0.453 e. The van der Waals surface area contributed by atoms with Crippen LogP contribution in [-0.4, -0.2) is 25.3 Å².